The van der Waals surface area contributed by atoms with Crippen LogP contribution in [-0.4, -0.2) is 62.8 Å². The van der Waals surface area contributed by atoms with E-state index in [-0.39, 0.29) is 34.1 Å². The molecule has 0 fully saturated rings. The maximum absolute atomic E-state index is 12.9. The van der Waals surface area contributed by atoms with Crippen molar-refractivity contribution in [1.29, 1.82) is 0 Å². The van der Waals surface area contributed by atoms with Crippen LogP contribution in [0, 0.1) is 0 Å². The number of urea groups is 1. The van der Waals surface area contributed by atoms with Gasteiger partial charge in [0.05, 0.1) is 10.0 Å². The molecule has 2 rings (SSSR count). The Morgan fingerprint density at radius 3 is 2.41 bits per heavy atom. The van der Waals surface area contributed by atoms with E-state index in [1.165, 1.54) is 25.2 Å². The summed E-state index contributed by atoms with van der Waals surface area (Å²) >= 11 is 17.8. The number of benzene rings is 2. The van der Waals surface area contributed by atoms with Crippen LogP contribution < -0.4 is 11.1 Å². The Hall–Kier alpha value is -1.71. The van der Waals surface area contributed by atoms with Crippen LogP contribution in [0.1, 0.15) is 12.0 Å². The third-order valence-corrected chi connectivity index (χ3v) is 7.91. The molecule has 0 aromatic heterocycles. The number of alkyl halides is 1. The predicted octanol–water partition coefficient (Wildman–Crippen LogP) is 4.08. The van der Waals surface area contributed by atoms with Crippen molar-refractivity contribution in [1.82, 2.24) is 14.5 Å². The highest BCUT2D eigenvalue weighted by Crippen LogP contribution is 2.30. The van der Waals surface area contributed by atoms with E-state index in [0.717, 1.165) is 9.87 Å². The largest absolute Gasteiger partial charge is 0.399 e. The second-order valence-electron chi connectivity index (χ2n) is 7.13. The summed E-state index contributed by atoms with van der Waals surface area (Å²) in [6.07, 6.45) is 1.24. The molecule has 0 aliphatic rings. The number of nitrogen functional groups attached to an aromatic ring is 1. The van der Waals surface area contributed by atoms with Crippen molar-refractivity contribution in [3.63, 3.8) is 0 Å². The van der Waals surface area contributed by atoms with Gasteiger partial charge < -0.3 is 16.0 Å². The lowest BCUT2D eigenvalue weighted by molar-refractivity contribution is 0.195. The van der Waals surface area contributed by atoms with Crippen molar-refractivity contribution in [3.05, 3.63) is 58.1 Å². The normalized spacial score (nSPS) is 11.5. The molecule has 2 amide bonds. The Kier molecular flexibility index (Phi) is 10.4. The second-order valence-corrected chi connectivity index (χ2v) is 10.3. The number of carbonyl (C=O) groups excluding carboxylic acids is 1. The van der Waals surface area contributed by atoms with Gasteiger partial charge in [-0.3, -0.25) is 0 Å². The molecule has 2 aromatic carbocycles. The van der Waals surface area contributed by atoms with Gasteiger partial charge in [-0.25, -0.2) is 13.2 Å². The van der Waals surface area contributed by atoms with Crippen molar-refractivity contribution in [2.24, 2.45) is 0 Å². The number of halogens is 3. The summed E-state index contributed by atoms with van der Waals surface area (Å²) < 4.78 is 26.9. The molecular formula is C21H27Cl3N4O3S. The third kappa shape index (κ3) is 7.42. The molecule has 3 N–H and O–H groups in total. The lowest BCUT2D eigenvalue weighted by atomic mass is 10.1. The molecule has 0 spiro atoms. The van der Waals surface area contributed by atoms with Gasteiger partial charge in [-0.15, -0.1) is 11.6 Å². The molecule has 0 saturated carbocycles. The van der Waals surface area contributed by atoms with Gasteiger partial charge in [-0.2, -0.15) is 4.31 Å². The van der Waals surface area contributed by atoms with E-state index >= 15 is 0 Å². The number of rotatable bonds is 11. The average Bonchev–Trinajstić information content (AvgIpc) is 2.76. The van der Waals surface area contributed by atoms with Crippen molar-refractivity contribution in [2.75, 3.05) is 44.8 Å². The summed E-state index contributed by atoms with van der Waals surface area (Å²) in [5.41, 5.74) is 7.42. The first-order valence-corrected chi connectivity index (χ1v) is 12.7. The Morgan fingerprint density at radius 2 is 1.75 bits per heavy atom. The Bertz CT molecular complexity index is 1000. The van der Waals surface area contributed by atoms with E-state index in [1.807, 2.05) is 24.3 Å². The van der Waals surface area contributed by atoms with E-state index in [0.29, 0.717) is 37.5 Å². The highest BCUT2D eigenvalue weighted by atomic mass is 35.5. The zero-order valence-electron chi connectivity index (χ0n) is 17.7. The Morgan fingerprint density at radius 1 is 1.06 bits per heavy atom. The average molecular weight is 522 g/mol. The van der Waals surface area contributed by atoms with Gasteiger partial charge in [0.25, 0.3) is 0 Å². The van der Waals surface area contributed by atoms with Crippen LogP contribution in [0.3, 0.4) is 0 Å². The predicted molar refractivity (Wildman–Crippen MR) is 131 cm³/mol. The van der Waals surface area contributed by atoms with E-state index in [4.69, 9.17) is 40.5 Å². The number of carbonyl (C=O) groups is 1. The highest BCUT2D eigenvalue weighted by molar-refractivity contribution is 7.89. The van der Waals surface area contributed by atoms with Crippen molar-refractivity contribution < 1.29 is 13.2 Å². The number of hydrogen-bond donors (Lipinski definition) is 2. The third-order valence-electron chi connectivity index (χ3n) is 4.81. The lowest BCUT2D eigenvalue weighted by Gasteiger charge is -2.26. The molecule has 0 aliphatic heterocycles. The van der Waals surface area contributed by atoms with Crippen LogP contribution in [0.15, 0.2) is 47.4 Å². The van der Waals surface area contributed by atoms with Gasteiger partial charge in [-0.05, 0) is 42.7 Å². The van der Waals surface area contributed by atoms with E-state index < -0.39 is 10.0 Å². The quantitative estimate of drug-likeness (QED) is 0.344. The molecule has 32 heavy (non-hydrogen) atoms. The summed E-state index contributed by atoms with van der Waals surface area (Å²) in [4.78, 5) is 14.1. The first kappa shape index (κ1) is 26.5. The zero-order valence-corrected chi connectivity index (χ0v) is 20.8. The Labute approximate surface area is 204 Å². The van der Waals surface area contributed by atoms with Crippen molar-refractivity contribution in [3.8, 4) is 0 Å². The zero-order chi connectivity index (χ0) is 23.7. The topological polar surface area (TPSA) is 95.7 Å². The number of nitrogens with one attached hydrogen (secondary N) is 1. The summed E-state index contributed by atoms with van der Waals surface area (Å²) in [6, 6.07) is 11.6. The minimum atomic E-state index is -3.87. The number of amides is 2. The van der Waals surface area contributed by atoms with Crippen LogP contribution in [0.5, 0.6) is 0 Å². The fourth-order valence-electron chi connectivity index (χ4n) is 2.91. The summed E-state index contributed by atoms with van der Waals surface area (Å²) in [5, 5.41) is 3.00. The molecule has 0 atom stereocenters. The Balaban J connectivity index is 1.97. The molecule has 0 bridgehead atoms. The SMILES string of the molecule is CN(CCN(CCCCl)C(=O)NCCc1ccc(N)cc1)S(=O)(=O)c1cccc(Cl)c1Cl. The van der Waals surface area contributed by atoms with Crippen molar-refractivity contribution >= 4 is 56.5 Å². The van der Waals surface area contributed by atoms with Crippen LogP contribution in [0.4, 0.5) is 10.5 Å². The number of hydrogen-bond acceptors (Lipinski definition) is 4. The summed E-state index contributed by atoms with van der Waals surface area (Å²) in [7, 11) is -2.43. The number of likely N-dealkylation sites (N-methyl/N-ethyl adjacent to an activating group) is 1. The molecule has 0 heterocycles. The second kappa shape index (κ2) is 12.5. The first-order valence-electron chi connectivity index (χ1n) is 10.0. The smallest absolute Gasteiger partial charge is 0.317 e. The van der Waals surface area contributed by atoms with Crippen LogP contribution >= 0.6 is 34.8 Å². The standard InChI is InChI=1S/C21H27Cl3N4O3S/c1-27(32(30,31)19-5-2-4-18(23)20(19)24)14-15-28(13-3-11-22)21(29)26-12-10-16-6-8-17(25)9-7-16/h2,4-9H,3,10-15,25H2,1H3,(H,26,29). The fraction of sp³-hybridized carbons (Fsp3) is 0.381. The first-order chi connectivity index (χ1) is 15.2. The number of nitrogens with zero attached hydrogens (tertiary/aromatic N) is 2. The molecule has 7 nitrogen and oxygen atoms in total. The van der Waals surface area contributed by atoms with Crippen LogP contribution in [0.2, 0.25) is 10.0 Å². The molecule has 11 heteroatoms. The van der Waals surface area contributed by atoms with Crippen molar-refractivity contribution in [2.45, 2.75) is 17.7 Å². The molecule has 176 valence electrons. The van der Waals surface area contributed by atoms with Gasteiger partial charge >= 0.3 is 6.03 Å². The minimum Gasteiger partial charge on any atom is -0.399 e. The number of sulfonamides is 1. The number of nitrogens with two attached hydrogens (primary N) is 1. The summed E-state index contributed by atoms with van der Waals surface area (Å²) in [6.45, 7) is 1.12. The van der Waals surface area contributed by atoms with Gasteiger partial charge in [0.2, 0.25) is 10.0 Å². The maximum Gasteiger partial charge on any atom is 0.317 e. The summed E-state index contributed by atoms with van der Waals surface area (Å²) in [5.74, 6) is 0.390. The van der Waals surface area contributed by atoms with E-state index in [1.54, 1.807) is 4.90 Å². The fourth-order valence-corrected chi connectivity index (χ4v) is 4.92. The molecule has 0 saturated heterocycles. The monoisotopic (exact) mass is 520 g/mol. The van der Waals surface area contributed by atoms with E-state index in [9.17, 15) is 13.2 Å². The van der Waals surface area contributed by atoms with E-state index in [2.05, 4.69) is 5.32 Å². The minimum absolute atomic E-state index is 0.0274. The molecule has 0 unspecified atom stereocenters. The highest BCUT2D eigenvalue weighted by Gasteiger charge is 2.25. The maximum atomic E-state index is 12.9. The van der Waals surface area contributed by atoms with Gasteiger partial charge in [-0.1, -0.05) is 41.4 Å². The molecule has 2 aromatic rings. The van der Waals surface area contributed by atoms with Crippen LogP contribution in [-0.2, 0) is 16.4 Å². The van der Waals surface area contributed by atoms with Crippen LogP contribution in [0.25, 0.3) is 0 Å². The molecule has 0 radical (unpaired) electrons. The molecular weight excluding hydrogens is 495 g/mol. The van der Waals surface area contributed by atoms with Gasteiger partial charge in [0.1, 0.15) is 4.90 Å². The molecule has 0 aliphatic carbocycles. The lowest BCUT2D eigenvalue weighted by Crippen LogP contribution is -2.45. The van der Waals surface area contributed by atoms with Gasteiger partial charge in [0.15, 0.2) is 0 Å². The number of anilines is 1. The van der Waals surface area contributed by atoms with Gasteiger partial charge in [0, 0.05) is 44.8 Å².